The number of H-pyrrole nitrogens is 1. The molecule has 0 aliphatic rings. The molecular weight excluding hydrogens is 308 g/mol. The molecule has 3 aromatic rings. The summed E-state index contributed by atoms with van der Waals surface area (Å²) in [7, 11) is 1.60. The maximum absolute atomic E-state index is 6.00. The van der Waals surface area contributed by atoms with E-state index in [1.54, 1.807) is 13.2 Å². The number of methoxy groups -OCH3 is 1. The number of aromatic nitrogens is 4. The summed E-state index contributed by atoms with van der Waals surface area (Å²) in [5.74, 6) is 0.555. The molecule has 21 heavy (non-hydrogen) atoms. The lowest BCUT2D eigenvalue weighted by Gasteiger charge is -2.02. The molecule has 0 bridgehead atoms. The molecule has 0 aliphatic heterocycles. The van der Waals surface area contributed by atoms with E-state index in [-0.39, 0.29) is 0 Å². The molecule has 108 valence electrons. The van der Waals surface area contributed by atoms with Gasteiger partial charge in [0.05, 0.1) is 11.0 Å². The van der Waals surface area contributed by atoms with Crippen LogP contribution in [-0.2, 0) is 11.3 Å². The molecule has 0 atom stereocenters. The molecule has 2 heterocycles. The third kappa shape index (κ3) is 3.34. The van der Waals surface area contributed by atoms with Gasteiger partial charge in [-0.05, 0) is 36.4 Å². The van der Waals surface area contributed by atoms with Crippen molar-refractivity contribution < 1.29 is 4.74 Å². The molecule has 0 aliphatic carbocycles. The number of ether oxygens (including phenoxy) is 1. The fourth-order valence-corrected chi connectivity index (χ4v) is 3.03. The van der Waals surface area contributed by atoms with Crippen LogP contribution in [0.5, 0.6) is 0 Å². The summed E-state index contributed by atoms with van der Waals surface area (Å²) >= 11 is 7.42. The second kappa shape index (κ2) is 6.01. The van der Waals surface area contributed by atoms with Gasteiger partial charge in [-0.15, -0.1) is 0 Å². The van der Waals surface area contributed by atoms with Crippen LogP contribution in [0.25, 0.3) is 11.0 Å². The van der Waals surface area contributed by atoms with Crippen LogP contribution in [0.1, 0.15) is 11.4 Å². The Morgan fingerprint density at radius 2 is 2.10 bits per heavy atom. The predicted molar refractivity (Wildman–Crippen MR) is 82.7 cm³/mol. The first kappa shape index (κ1) is 14.3. The lowest BCUT2D eigenvalue weighted by molar-refractivity contribution is 0.177. The number of imidazole rings is 1. The fraction of sp³-hybridized carbons (Fsp3) is 0.214. The highest BCUT2D eigenvalue weighted by Gasteiger charge is 2.09. The van der Waals surface area contributed by atoms with E-state index in [1.165, 1.54) is 17.3 Å². The number of benzene rings is 1. The largest absolute Gasteiger partial charge is 0.377 e. The van der Waals surface area contributed by atoms with Gasteiger partial charge >= 0.3 is 0 Å². The molecular formula is C14H13ClN4OS. The Kier molecular flexibility index (Phi) is 4.10. The van der Waals surface area contributed by atoms with Crippen molar-refractivity contribution in [3.05, 3.63) is 40.8 Å². The number of hydrogen-bond donors (Lipinski definition) is 1. The van der Waals surface area contributed by atoms with Crippen LogP contribution in [0.2, 0.25) is 5.15 Å². The van der Waals surface area contributed by atoms with Crippen LogP contribution < -0.4 is 0 Å². The van der Waals surface area contributed by atoms with Crippen molar-refractivity contribution in [3.8, 4) is 0 Å². The molecule has 3 rings (SSSR count). The lowest BCUT2D eigenvalue weighted by Crippen LogP contribution is -1.98. The third-order valence-corrected chi connectivity index (χ3v) is 3.81. The quantitative estimate of drug-likeness (QED) is 0.744. The summed E-state index contributed by atoms with van der Waals surface area (Å²) < 4.78 is 5.03. The van der Waals surface area contributed by atoms with Crippen molar-refractivity contribution in [2.24, 2.45) is 0 Å². The zero-order chi connectivity index (χ0) is 14.8. The summed E-state index contributed by atoms with van der Waals surface area (Å²) in [5, 5.41) is 1.90. The SMILES string of the molecule is COCc1nc(Cl)cc(Sc2nc3ccc(C)cc3[nH]2)n1. The Hall–Kier alpha value is -1.63. The second-order valence-electron chi connectivity index (χ2n) is 4.54. The number of halogens is 1. The van der Waals surface area contributed by atoms with Gasteiger partial charge in [0, 0.05) is 13.2 Å². The second-order valence-corrected chi connectivity index (χ2v) is 5.94. The van der Waals surface area contributed by atoms with E-state index in [0.717, 1.165) is 21.2 Å². The topological polar surface area (TPSA) is 63.7 Å². The molecule has 7 heteroatoms. The average molecular weight is 321 g/mol. The van der Waals surface area contributed by atoms with E-state index in [9.17, 15) is 0 Å². The van der Waals surface area contributed by atoms with Gasteiger partial charge in [-0.25, -0.2) is 15.0 Å². The zero-order valence-corrected chi connectivity index (χ0v) is 13.1. The molecule has 0 radical (unpaired) electrons. The van der Waals surface area contributed by atoms with Gasteiger partial charge in [0.1, 0.15) is 16.8 Å². The molecule has 0 amide bonds. The number of rotatable bonds is 4. The normalized spacial score (nSPS) is 11.2. The summed E-state index contributed by atoms with van der Waals surface area (Å²) in [5.41, 5.74) is 3.13. The van der Waals surface area contributed by atoms with Crippen LogP contribution in [0.4, 0.5) is 0 Å². The van der Waals surface area contributed by atoms with Crippen LogP contribution in [0.3, 0.4) is 0 Å². The number of aryl methyl sites for hydroxylation is 1. The Labute approximate surface area is 131 Å². The molecule has 0 saturated carbocycles. The first-order chi connectivity index (χ1) is 10.1. The molecule has 0 spiro atoms. The van der Waals surface area contributed by atoms with Crippen molar-refractivity contribution in [1.29, 1.82) is 0 Å². The summed E-state index contributed by atoms with van der Waals surface area (Å²) in [6.07, 6.45) is 0. The van der Waals surface area contributed by atoms with E-state index >= 15 is 0 Å². The van der Waals surface area contributed by atoms with E-state index in [4.69, 9.17) is 16.3 Å². The molecule has 5 nitrogen and oxygen atoms in total. The van der Waals surface area contributed by atoms with E-state index in [2.05, 4.69) is 26.0 Å². The minimum atomic E-state index is 0.327. The van der Waals surface area contributed by atoms with Gasteiger partial charge < -0.3 is 9.72 Å². The monoisotopic (exact) mass is 320 g/mol. The molecule has 0 unspecified atom stereocenters. The number of nitrogens with zero attached hydrogens (tertiary/aromatic N) is 3. The maximum atomic E-state index is 6.00. The summed E-state index contributed by atoms with van der Waals surface area (Å²) in [4.78, 5) is 16.3. The van der Waals surface area contributed by atoms with Crippen LogP contribution in [0, 0.1) is 6.92 Å². The third-order valence-electron chi connectivity index (χ3n) is 2.81. The maximum Gasteiger partial charge on any atom is 0.172 e. The fourth-order valence-electron chi connectivity index (χ4n) is 1.94. The highest BCUT2D eigenvalue weighted by molar-refractivity contribution is 7.99. The molecule has 0 saturated heterocycles. The Bertz CT molecular complexity index is 790. The summed E-state index contributed by atoms with van der Waals surface area (Å²) in [6, 6.07) is 7.81. The van der Waals surface area contributed by atoms with Gasteiger partial charge in [0.2, 0.25) is 0 Å². The summed E-state index contributed by atoms with van der Waals surface area (Å²) in [6.45, 7) is 2.38. The Morgan fingerprint density at radius 1 is 1.24 bits per heavy atom. The van der Waals surface area contributed by atoms with Gasteiger partial charge in [-0.1, -0.05) is 17.7 Å². The standard InChI is InChI=1S/C14H13ClN4OS/c1-8-3-4-9-10(5-8)17-14(16-9)21-13-6-11(15)18-12(19-13)7-20-2/h3-6H,7H2,1-2H3,(H,16,17). The minimum Gasteiger partial charge on any atom is -0.377 e. The first-order valence-corrected chi connectivity index (χ1v) is 7.50. The highest BCUT2D eigenvalue weighted by Crippen LogP contribution is 2.27. The molecule has 2 aromatic heterocycles. The number of fused-ring (bicyclic) bond motifs is 1. The average Bonchev–Trinajstić information content (AvgIpc) is 2.79. The lowest BCUT2D eigenvalue weighted by atomic mass is 10.2. The molecule has 0 fully saturated rings. The van der Waals surface area contributed by atoms with Gasteiger partial charge in [0.25, 0.3) is 0 Å². The first-order valence-electron chi connectivity index (χ1n) is 6.30. The minimum absolute atomic E-state index is 0.327. The number of nitrogens with one attached hydrogen (secondary N) is 1. The van der Waals surface area contributed by atoms with Crippen molar-refractivity contribution in [1.82, 2.24) is 19.9 Å². The van der Waals surface area contributed by atoms with Crippen molar-refractivity contribution >= 4 is 34.4 Å². The van der Waals surface area contributed by atoms with Crippen LogP contribution in [0.15, 0.2) is 34.4 Å². The van der Waals surface area contributed by atoms with Crippen LogP contribution in [-0.4, -0.2) is 27.0 Å². The number of hydrogen-bond acceptors (Lipinski definition) is 5. The number of aromatic amines is 1. The van der Waals surface area contributed by atoms with Gasteiger partial charge in [-0.2, -0.15) is 0 Å². The van der Waals surface area contributed by atoms with Gasteiger partial charge in [-0.3, -0.25) is 0 Å². The van der Waals surface area contributed by atoms with Crippen molar-refractivity contribution in [2.75, 3.05) is 7.11 Å². The Balaban J connectivity index is 1.90. The van der Waals surface area contributed by atoms with E-state index in [1.807, 2.05) is 19.1 Å². The smallest absolute Gasteiger partial charge is 0.172 e. The Morgan fingerprint density at radius 3 is 2.90 bits per heavy atom. The predicted octanol–water partition coefficient (Wildman–Crippen LogP) is 3.61. The van der Waals surface area contributed by atoms with Crippen molar-refractivity contribution in [2.45, 2.75) is 23.7 Å². The van der Waals surface area contributed by atoms with E-state index in [0.29, 0.717) is 17.6 Å². The highest BCUT2D eigenvalue weighted by atomic mass is 35.5. The van der Waals surface area contributed by atoms with Crippen molar-refractivity contribution in [3.63, 3.8) is 0 Å². The van der Waals surface area contributed by atoms with E-state index < -0.39 is 0 Å². The molecule has 1 N–H and O–H groups in total. The van der Waals surface area contributed by atoms with Gasteiger partial charge in [0.15, 0.2) is 11.0 Å². The van der Waals surface area contributed by atoms with Crippen LogP contribution >= 0.6 is 23.4 Å². The zero-order valence-electron chi connectivity index (χ0n) is 11.6. The molecule has 1 aromatic carbocycles.